The van der Waals surface area contributed by atoms with Crippen LogP contribution in [-0.4, -0.2) is 41.7 Å². The molecule has 17 heavy (non-hydrogen) atoms. The number of hydrogen-bond donors (Lipinski definition) is 2. The molecule has 5 heteroatoms. The maximum atomic E-state index is 11.1. The van der Waals surface area contributed by atoms with Gasteiger partial charge in [-0.05, 0) is 44.1 Å². The Bertz CT molecular complexity index is 274. The Balaban J connectivity index is 1.90. The highest BCUT2D eigenvalue weighted by Gasteiger charge is 2.39. The summed E-state index contributed by atoms with van der Waals surface area (Å²) < 4.78 is 6.01. The third-order valence-corrected chi connectivity index (χ3v) is 4.80. The molecule has 1 amide bonds. The number of nitrogens with one attached hydrogen (secondary N) is 1. The summed E-state index contributed by atoms with van der Waals surface area (Å²) in [6.07, 6.45) is 4.28. The lowest BCUT2D eigenvalue weighted by molar-refractivity contribution is -0.121. The summed E-state index contributed by atoms with van der Waals surface area (Å²) in [5.41, 5.74) is 5.36. The molecule has 1 spiro atoms. The molecule has 0 bridgehead atoms. The topological polar surface area (TPSA) is 64.3 Å². The van der Waals surface area contributed by atoms with E-state index in [1.807, 2.05) is 18.7 Å². The smallest absolute Gasteiger partial charge is 0.234 e. The molecule has 2 aliphatic rings. The third-order valence-electron chi connectivity index (χ3n) is 3.81. The first kappa shape index (κ1) is 13.2. The minimum atomic E-state index is -0.273. The van der Waals surface area contributed by atoms with Crippen LogP contribution in [0.15, 0.2) is 0 Å². The molecule has 0 aliphatic carbocycles. The molecule has 0 aromatic rings. The van der Waals surface area contributed by atoms with E-state index in [1.165, 1.54) is 11.5 Å². The zero-order chi connectivity index (χ0) is 12.3. The van der Waals surface area contributed by atoms with Gasteiger partial charge in [0.05, 0.1) is 11.6 Å². The fourth-order valence-electron chi connectivity index (χ4n) is 2.70. The van der Waals surface area contributed by atoms with Crippen molar-refractivity contribution in [2.75, 3.05) is 18.1 Å². The van der Waals surface area contributed by atoms with Crippen molar-refractivity contribution in [2.45, 2.75) is 50.3 Å². The van der Waals surface area contributed by atoms with Crippen LogP contribution in [-0.2, 0) is 9.53 Å². The Hall–Kier alpha value is -0.260. The number of carbonyl (C=O) groups is 1. The predicted molar refractivity (Wildman–Crippen MR) is 70.1 cm³/mol. The van der Waals surface area contributed by atoms with Crippen LogP contribution in [0.25, 0.3) is 0 Å². The molecule has 0 aromatic carbocycles. The number of hydrogen-bond acceptors (Lipinski definition) is 4. The molecule has 2 atom stereocenters. The largest absolute Gasteiger partial charge is 0.375 e. The van der Waals surface area contributed by atoms with Crippen molar-refractivity contribution >= 4 is 17.7 Å². The van der Waals surface area contributed by atoms with Gasteiger partial charge in [0.2, 0.25) is 5.91 Å². The number of nitrogens with two attached hydrogens (primary N) is 1. The van der Waals surface area contributed by atoms with Crippen LogP contribution in [0.3, 0.4) is 0 Å². The Kier molecular flexibility index (Phi) is 4.33. The van der Waals surface area contributed by atoms with Crippen molar-refractivity contribution in [1.29, 1.82) is 0 Å². The molecule has 2 rings (SSSR count). The maximum absolute atomic E-state index is 11.1. The molecule has 0 radical (unpaired) electrons. The fourth-order valence-corrected chi connectivity index (χ4v) is 3.93. The molecule has 3 N–H and O–H groups in total. The van der Waals surface area contributed by atoms with Gasteiger partial charge in [-0.25, -0.2) is 0 Å². The van der Waals surface area contributed by atoms with Crippen LogP contribution < -0.4 is 11.1 Å². The molecule has 0 aromatic heterocycles. The maximum Gasteiger partial charge on any atom is 0.234 e. The molecule has 98 valence electrons. The van der Waals surface area contributed by atoms with Gasteiger partial charge in [0, 0.05) is 12.6 Å². The van der Waals surface area contributed by atoms with Gasteiger partial charge in [-0.1, -0.05) is 0 Å². The molecular weight excluding hydrogens is 236 g/mol. The van der Waals surface area contributed by atoms with Gasteiger partial charge in [0.25, 0.3) is 0 Å². The van der Waals surface area contributed by atoms with Gasteiger partial charge in [-0.3, -0.25) is 4.79 Å². The van der Waals surface area contributed by atoms with E-state index >= 15 is 0 Å². The van der Waals surface area contributed by atoms with E-state index in [4.69, 9.17) is 10.5 Å². The van der Waals surface area contributed by atoms with Crippen LogP contribution in [0.1, 0.15) is 32.6 Å². The Morgan fingerprint density at radius 2 is 2.24 bits per heavy atom. The van der Waals surface area contributed by atoms with Gasteiger partial charge in [0.1, 0.15) is 0 Å². The first-order valence-electron chi connectivity index (χ1n) is 6.38. The molecule has 0 saturated carbocycles. The van der Waals surface area contributed by atoms with Crippen molar-refractivity contribution in [1.82, 2.24) is 5.32 Å². The standard InChI is InChI=1S/C12H22N2O2S/c1-9(11(13)15)14-10-2-5-16-12(8-10)3-6-17-7-4-12/h9-10,14H,2-8H2,1H3,(H2,13,15). The van der Waals surface area contributed by atoms with E-state index in [0.29, 0.717) is 6.04 Å². The quantitative estimate of drug-likeness (QED) is 0.789. The van der Waals surface area contributed by atoms with Gasteiger partial charge >= 0.3 is 0 Å². The van der Waals surface area contributed by atoms with Gasteiger partial charge in [-0.2, -0.15) is 11.8 Å². The SMILES string of the molecule is CC(NC1CCOC2(CCSCC2)C1)C(N)=O. The lowest BCUT2D eigenvalue weighted by Gasteiger charge is -2.44. The van der Waals surface area contributed by atoms with Crippen molar-refractivity contribution in [3.05, 3.63) is 0 Å². The molecule has 4 nitrogen and oxygen atoms in total. The Morgan fingerprint density at radius 1 is 1.53 bits per heavy atom. The Labute approximate surface area is 107 Å². The van der Waals surface area contributed by atoms with Crippen LogP contribution in [0.5, 0.6) is 0 Å². The van der Waals surface area contributed by atoms with E-state index in [1.54, 1.807) is 0 Å². The normalized spacial score (nSPS) is 30.1. The summed E-state index contributed by atoms with van der Waals surface area (Å²) in [6.45, 7) is 2.63. The zero-order valence-corrected chi connectivity index (χ0v) is 11.2. The van der Waals surface area contributed by atoms with E-state index in [2.05, 4.69) is 5.32 Å². The molecule has 2 fully saturated rings. The molecule has 2 aliphatic heterocycles. The third kappa shape index (κ3) is 3.36. The molecule has 2 unspecified atom stereocenters. The fraction of sp³-hybridized carbons (Fsp3) is 0.917. The molecule has 2 saturated heterocycles. The number of thioether (sulfide) groups is 1. The lowest BCUT2D eigenvalue weighted by Crippen LogP contribution is -2.52. The summed E-state index contributed by atoms with van der Waals surface area (Å²) in [6, 6.07) is 0.127. The highest BCUT2D eigenvalue weighted by Crippen LogP contribution is 2.37. The van der Waals surface area contributed by atoms with Crippen LogP contribution in [0, 0.1) is 0 Å². The summed E-state index contributed by atoms with van der Waals surface area (Å²) in [4.78, 5) is 11.1. The lowest BCUT2D eigenvalue weighted by atomic mass is 9.85. The van der Waals surface area contributed by atoms with Crippen molar-refractivity contribution in [2.24, 2.45) is 5.73 Å². The van der Waals surface area contributed by atoms with Gasteiger partial charge < -0.3 is 15.8 Å². The van der Waals surface area contributed by atoms with Crippen molar-refractivity contribution < 1.29 is 9.53 Å². The summed E-state index contributed by atoms with van der Waals surface area (Å²) in [7, 11) is 0. The zero-order valence-electron chi connectivity index (χ0n) is 10.4. The highest BCUT2D eigenvalue weighted by atomic mass is 32.2. The Morgan fingerprint density at radius 3 is 2.88 bits per heavy atom. The number of amides is 1. The minimum Gasteiger partial charge on any atom is -0.375 e. The second-order valence-corrected chi connectivity index (χ2v) is 6.35. The first-order chi connectivity index (χ1) is 8.11. The van der Waals surface area contributed by atoms with Crippen LogP contribution in [0.4, 0.5) is 0 Å². The summed E-state index contributed by atoms with van der Waals surface area (Å²) >= 11 is 2.01. The number of carbonyl (C=O) groups excluding carboxylic acids is 1. The highest BCUT2D eigenvalue weighted by molar-refractivity contribution is 7.99. The average Bonchev–Trinajstić information content (AvgIpc) is 2.30. The summed E-state index contributed by atoms with van der Waals surface area (Å²) in [5, 5.41) is 3.33. The summed E-state index contributed by atoms with van der Waals surface area (Å²) in [5.74, 6) is 2.11. The number of rotatable bonds is 3. The second-order valence-electron chi connectivity index (χ2n) is 5.12. The van der Waals surface area contributed by atoms with Crippen molar-refractivity contribution in [3.8, 4) is 0 Å². The van der Waals surface area contributed by atoms with E-state index in [0.717, 1.165) is 32.3 Å². The van der Waals surface area contributed by atoms with Gasteiger partial charge in [-0.15, -0.1) is 0 Å². The van der Waals surface area contributed by atoms with Gasteiger partial charge in [0.15, 0.2) is 0 Å². The van der Waals surface area contributed by atoms with Crippen LogP contribution >= 0.6 is 11.8 Å². The second kappa shape index (κ2) is 5.59. The van der Waals surface area contributed by atoms with E-state index in [-0.39, 0.29) is 17.6 Å². The average molecular weight is 258 g/mol. The van der Waals surface area contributed by atoms with Crippen LogP contribution in [0.2, 0.25) is 0 Å². The van der Waals surface area contributed by atoms with E-state index < -0.39 is 0 Å². The van der Waals surface area contributed by atoms with E-state index in [9.17, 15) is 4.79 Å². The number of primary amides is 1. The first-order valence-corrected chi connectivity index (χ1v) is 7.54. The molecular formula is C12H22N2O2S. The van der Waals surface area contributed by atoms with Crippen molar-refractivity contribution in [3.63, 3.8) is 0 Å². The predicted octanol–water partition coefficient (Wildman–Crippen LogP) is 0.895. The monoisotopic (exact) mass is 258 g/mol. The number of ether oxygens (including phenoxy) is 1. The minimum absolute atomic E-state index is 0.0680. The molecule has 2 heterocycles.